The molecule has 2 unspecified atom stereocenters. The number of ether oxygens (including phenoxy) is 4. The van der Waals surface area contributed by atoms with Gasteiger partial charge in [0.05, 0.1) is 33.2 Å². The van der Waals surface area contributed by atoms with Crippen LogP contribution in [0, 0.1) is 5.92 Å². The average Bonchev–Trinajstić information content (AvgIpc) is 2.66. The molecule has 0 saturated carbocycles. The summed E-state index contributed by atoms with van der Waals surface area (Å²) in [6, 6.07) is 0. The zero-order chi connectivity index (χ0) is 19.9. The molecule has 0 heterocycles. The summed E-state index contributed by atoms with van der Waals surface area (Å²) >= 11 is 5.88. The molecule has 0 aliphatic carbocycles. The van der Waals surface area contributed by atoms with Crippen molar-refractivity contribution < 1.29 is 23.7 Å². The van der Waals surface area contributed by atoms with Crippen molar-refractivity contribution >= 4 is 17.9 Å². The Hall–Kier alpha value is -2.24. The number of allylic oxidation sites excluding steroid dienone is 2. The molecule has 0 aliphatic rings. The predicted molar refractivity (Wildman–Crippen MR) is 105 cm³/mol. The van der Waals surface area contributed by atoms with E-state index in [0.29, 0.717) is 12.0 Å². The minimum Gasteiger partial charge on any atom is -0.505 e. The van der Waals surface area contributed by atoms with E-state index in [1.807, 2.05) is 0 Å². The Labute approximate surface area is 160 Å². The largest absolute Gasteiger partial charge is 0.505 e. The third kappa shape index (κ3) is 8.23. The molecule has 0 aromatic heterocycles. The fourth-order valence-corrected chi connectivity index (χ4v) is 2.07. The van der Waals surface area contributed by atoms with E-state index in [-0.39, 0.29) is 12.4 Å². The van der Waals surface area contributed by atoms with E-state index in [0.717, 1.165) is 5.57 Å². The van der Waals surface area contributed by atoms with Crippen molar-refractivity contribution in [2.24, 2.45) is 5.92 Å². The molecule has 3 atom stereocenters. The normalized spacial score (nSPS) is 15.7. The molecule has 0 saturated heterocycles. The maximum absolute atomic E-state index is 11.7. The van der Waals surface area contributed by atoms with Crippen LogP contribution in [0.4, 0.5) is 0 Å². The monoisotopic (exact) mass is 382 g/mol. The zero-order valence-corrected chi connectivity index (χ0v) is 16.3. The van der Waals surface area contributed by atoms with Crippen molar-refractivity contribution in [1.29, 1.82) is 0 Å². The molecule has 5 nitrogen and oxygen atoms in total. The Morgan fingerprint density at radius 2 is 1.96 bits per heavy atom. The van der Waals surface area contributed by atoms with Crippen LogP contribution in [0.15, 0.2) is 72.9 Å². The second kappa shape index (κ2) is 14.0. The van der Waals surface area contributed by atoms with Crippen LogP contribution in [-0.2, 0) is 23.7 Å². The van der Waals surface area contributed by atoms with Crippen molar-refractivity contribution in [2.75, 3.05) is 20.8 Å². The molecule has 144 valence electrons. The number of hydrogen-bond acceptors (Lipinski definition) is 5. The lowest BCUT2D eigenvalue weighted by Gasteiger charge is -2.25. The molecule has 0 bridgehead atoms. The quantitative estimate of drug-likeness (QED) is 0.255. The lowest BCUT2D eigenvalue weighted by molar-refractivity contribution is -0.114. The van der Waals surface area contributed by atoms with Gasteiger partial charge in [0.15, 0.2) is 6.10 Å². The molecular weight excluding hydrogens is 356 g/mol. The molecule has 0 fully saturated rings. The Bertz CT molecular complexity index is 563. The van der Waals surface area contributed by atoms with Crippen molar-refractivity contribution in [2.45, 2.75) is 19.1 Å². The standard InChI is InChI=1S/C20H27ClO5/c1-7-9-17(8-2)14-25-19(10-11-23-5)18(13-22)20(12-21)26-16(4)15(3)24-6/h7-13,16,18-19H,1-3,14H2,4-6H3/b11-10+,17-9+,20-12-/t16-,18?,19?/m0/s1. The second-order valence-electron chi connectivity index (χ2n) is 5.13. The first-order valence-corrected chi connectivity index (χ1v) is 8.32. The zero-order valence-electron chi connectivity index (χ0n) is 15.5. The maximum Gasteiger partial charge on any atom is 0.152 e. The van der Waals surface area contributed by atoms with Crippen molar-refractivity contribution in [3.05, 3.63) is 72.9 Å². The summed E-state index contributed by atoms with van der Waals surface area (Å²) in [4.78, 5) is 11.7. The summed E-state index contributed by atoms with van der Waals surface area (Å²) in [5.74, 6) is -0.162. The summed E-state index contributed by atoms with van der Waals surface area (Å²) in [5, 5.41) is 0. The first kappa shape index (κ1) is 23.8. The highest BCUT2D eigenvalue weighted by molar-refractivity contribution is 6.25. The van der Waals surface area contributed by atoms with Gasteiger partial charge >= 0.3 is 0 Å². The number of carbonyl (C=O) groups excluding carboxylic acids is 1. The molecule has 0 aliphatic heterocycles. The van der Waals surface area contributed by atoms with Gasteiger partial charge in [-0.3, -0.25) is 0 Å². The number of carbonyl (C=O) groups is 1. The van der Waals surface area contributed by atoms with Gasteiger partial charge in [-0.2, -0.15) is 0 Å². The molecule has 0 radical (unpaired) electrons. The second-order valence-corrected chi connectivity index (χ2v) is 5.34. The van der Waals surface area contributed by atoms with Gasteiger partial charge in [0.25, 0.3) is 0 Å². The van der Waals surface area contributed by atoms with E-state index >= 15 is 0 Å². The van der Waals surface area contributed by atoms with Crippen LogP contribution in [0.2, 0.25) is 0 Å². The summed E-state index contributed by atoms with van der Waals surface area (Å²) < 4.78 is 21.5. The van der Waals surface area contributed by atoms with E-state index in [2.05, 4.69) is 19.7 Å². The van der Waals surface area contributed by atoms with Gasteiger partial charge in [-0.15, -0.1) is 0 Å². The number of rotatable bonds is 14. The van der Waals surface area contributed by atoms with E-state index < -0.39 is 18.1 Å². The van der Waals surface area contributed by atoms with Gasteiger partial charge in [-0.25, -0.2) is 0 Å². The Balaban J connectivity index is 5.43. The summed E-state index contributed by atoms with van der Waals surface area (Å²) in [5.41, 5.74) is 2.00. The van der Waals surface area contributed by atoms with Crippen molar-refractivity contribution in [3.8, 4) is 0 Å². The Kier molecular flexibility index (Phi) is 12.8. The lowest BCUT2D eigenvalue weighted by atomic mass is 10.0. The average molecular weight is 383 g/mol. The highest BCUT2D eigenvalue weighted by Gasteiger charge is 2.27. The lowest BCUT2D eigenvalue weighted by Crippen LogP contribution is -2.29. The third-order valence-corrected chi connectivity index (χ3v) is 3.62. The highest BCUT2D eigenvalue weighted by atomic mass is 35.5. The smallest absolute Gasteiger partial charge is 0.152 e. The van der Waals surface area contributed by atoms with Gasteiger partial charge in [0, 0.05) is 5.54 Å². The molecule has 0 amide bonds. The van der Waals surface area contributed by atoms with Crippen LogP contribution in [0.1, 0.15) is 6.92 Å². The van der Waals surface area contributed by atoms with E-state index in [4.69, 9.17) is 30.5 Å². The van der Waals surface area contributed by atoms with E-state index in [9.17, 15) is 4.79 Å². The number of methoxy groups -OCH3 is 2. The molecule has 0 rings (SSSR count). The number of aldehydes is 1. The Morgan fingerprint density at radius 1 is 1.27 bits per heavy atom. The summed E-state index contributed by atoms with van der Waals surface area (Å²) in [6.07, 6.45) is 7.60. The SMILES string of the molecule is C=C/C=C(\C=C)COC(/C=C/OC)C(C=O)/C(=C/Cl)O[C@@H](C)C(=C)OC. The Morgan fingerprint density at radius 3 is 2.42 bits per heavy atom. The highest BCUT2D eigenvalue weighted by Crippen LogP contribution is 2.23. The van der Waals surface area contributed by atoms with Crippen molar-refractivity contribution in [3.63, 3.8) is 0 Å². The number of hydrogen-bond donors (Lipinski definition) is 0. The minimum atomic E-state index is -0.791. The first-order chi connectivity index (χ1) is 12.5. The maximum atomic E-state index is 11.7. The molecule has 0 aromatic rings. The fraction of sp³-hybridized carbons (Fsp3) is 0.350. The molecule has 6 heteroatoms. The summed E-state index contributed by atoms with van der Waals surface area (Å²) in [7, 11) is 2.98. The van der Waals surface area contributed by atoms with Crippen LogP contribution < -0.4 is 0 Å². The van der Waals surface area contributed by atoms with Gasteiger partial charge < -0.3 is 23.7 Å². The molecule has 0 N–H and O–H groups in total. The van der Waals surface area contributed by atoms with Gasteiger partial charge in [-0.05, 0) is 18.6 Å². The van der Waals surface area contributed by atoms with Gasteiger partial charge in [-0.1, -0.05) is 49.6 Å². The van der Waals surface area contributed by atoms with E-state index in [1.165, 1.54) is 26.0 Å². The predicted octanol–water partition coefficient (Wildman–Crippen LogP) is 4.29. The van der Waals surface area contributed by atoms with Gasteiger partial charge in [0.2, 0.25) is 0 Å². The van der Waals surface area contributed by atoms with Gasteiger partial charge in [0.1, 0.15) is 23.7 Å². The number of halogens is 1. The molecule has 26 heavy (non-hydrogen) atoms. The molecular formula is C20H27ClO5. The molecule has 0 spiro atoms. The fourth-order valence-electron chi connectivity index (χ4n) is 1.87. The molecule has 0 aromatic carbocycles. The van der Waals surface area contributed by atoms with Crippen LogP contribution in [0.25, 0.3) is 0 Å². The van der Waals surface area contributed by atoms with Crippen LogP contribution in [0.5, 0.6) is 0 Å². The van der Waals surface area contributed by atoms with Crippen LogP contribution >= 0.6 is 11.6 Å². The first-order valence-electron chi connectivity index (χ1n) is 7.89. The van der Waals surface area contributed by atoms with Crippen molar-refractivity contribution in [1.82, 2.24) is 0 Å². The summed E-state index contributed by atoms with van der Waals surface area (Å²) in [6.45, 7) is 13.0. The topological polar surface area (TPSA) is 54.0 Å². The third-order valence-electron chi connectivity index (χ3n) is 3.41. The van der Waals surface area contributed by atoms with Crippen LogP contribution in [-0.4, -0.2) is 39.3 Å². The van der Waals surface area contributed by atoms with E-state index in [1.54, 1.807) is 31.2 Å². The van der Waals surface area contributed by atoms with Crippen LogP contribution in [0.3, 0.4) is 0 Å². The minimum absolute atomic E-state index is 0.217.